The molecular weight excluding hydrogens is 444 g/mol. The Morgan fingerprint density at radius 3 is 2.83 bits per heavy atom. The molecule has 0 unspecified atom stereocenters. The Bertz CT molecular complexity index is 1260. The number of nitrogens with zero attached hydrogens (tertiary/aromatic N) is 2. The molecule has 0 saturated carbocycles. The number of aromatic amines is 1. The van der Waals surface area contributed by atoms with Gasteiger partial charge in [-0.2, -0.15) is 0 Å². The molecule has 0 aliphatic carbocycles. The van der Waals surface area contributed by atoms with Gasteiger partial charge in [-0.1, -0.05) is 43.7 Å². The normalized spacial score (nSPS) is 23.3. The van der Waals surface area contributed by atoms with Crippen molar-refractivity contribution in [2.75, 3.05) is 26.9 Å². The van der Waals surface area contributed by atoms with Gasteiger partial charge in [0.1, 0.15) is 11.9 Å². The van der Waals surface area contributed by atoms with E-state index in [2.05, 4.69) is 47.6 Å². The Labute approximate surface area is 205 Å². The maximum atomic E-state index is 13.9. The van der Waals surface area contributed by atoms with E-state index in [4.69, 9.17) is 14.5 Å². The quantitative estimate of drug-likeness (QED) is 0.577. The third-order valence-corrected chi connectivity index (χ3v) is 7.54. The van der Waals surface area contributed by atoms with E-state index in [1.807, 2.05) is 18.7 Å². The first-order chi connectivity index (χ1) is 16.8. The zero-order chi connectivity index (χ0) is 24.7. The van der Waals surface area contributed by atoms with E-state index in [9.17, 15) is 9.59 Å². The molecule has 8 heteroatoms. The van der Waals surface area contributed by atoms with E-state index in [1.165, 1.54) is 12.7 Å². The highest BCUT2D eigenvalue weighted by Crippen LogP contribution is 2.47. The van der Waals surface area contributed by atoms with Crippen LogP contribution in [0.4, 0.5) is 4.79 Å². The van der Waals surface area contributed by atoms with E-state index < -0.39 is 12.1 Å². The van der Waals surface area contributed by atoms with Gasteiger partial charge in [-0.05, 0) is 43.6 Å². The molecule has 2 fully saturated rings. The zero-order valence-electron chi connectivity index (χ0n) is 20.9. The molecule has 8 nitrogen and oxygen atoms in total. The molecule has 2 amide bonds. The van der Waals surface area contributed by atoms with Crippen molar-refractivity contribution in [3.63, 3.8) is 0 Å². The number of alkyl carbamates (subject to hydrolysis) is 1. The molecule has 3 atom stereocenters. The number of methoxy groups -OCH3 is 1. The van der Waals surface area contributed by atoms with Gasteiger partial charge in [0.05, 0.1) is 30.8 Å². The minimum Gasteiger partial charge on any atom is -0.453 e. The molecular formula is C27H34N4O4. The predicted molar refractivity (Wildman–Crippen MR) is 134 cm³/mol. The van der Waals surface area contributed by atoms with Crippen LogP contribution in [0.2, 0.25) is 0 Å². The molecule has 2 saturated heterocycles. The second kappa shape index (κ2) is 9.15. The fourth-order valence-electron chi connectivity index (χ4n) is 5.70. The summed E-state index contributed by atoms with van der Waals surface area (Å²) in [6.07, 6.45) is 2.16. The average molecular weight is 479 g/mol. The molecule has 2 aliphatic rings. The third kappa shape index (κ3) is 4.35. The lowest BCUT2D eigenvalue weighted by Crippen LogP contribution is -2.51. The third-order valence-electron chi connectivity index (χ3n) is 7.54. The summed E-state index contributed by atoms with van der Waals surface area (Å²) in [5.74, 6) is 0.576. The smallest absolute Gasteiger partial charge is 0.407 e. The summed E-state index contributed by atoms with van der Waals surface area (Å²) in [5.41, 5.74) is 2.97. The lowest BCUT2D eigenvalue weighted by atomic mass is 9.80. The average Bonchev–Trinajstić information content (AvgIpc) is 3.44. The van der Waals surface area contributed by atoms with Crippen LogP contribution in [0, 0.1) is 18.3 Å². The topological polar surface area (TPSA) is 96.6 Å². The minimum absolute atomic E-state index is 0.0933. The van der Waals surface area contributed by atoms with Crippen LogP contribution in [-0.4, -0.2) is 59.8 Å². The lowest BCUT2D eigenvalue weighted by molar-refractivity contribution is -0.136. The number of aromatic nitrogens is 2. The van der Waals surface area contributed by atoms with Crippen molar-refractivity contribution in [1.29, 1.82) is 0 Å². The molecule has 2 N–H and O–H groups in total. The Morgan fingerprint density at radius 2 is 2.11 bits per heavy atom. The SMILES string of the molecule is COC(=O)N[C@H](C(=O)N1C[C@]2(CCCOC2)C[C@H]1c1nc2c(ccc3cc(C)ccc32)[nH]1)C(C)C. The maximum Gasteiger partial charge on any atom is 0.407 e. The van der Waals surface area contributed by atoms with Crippen LogP contribution in [0.3, 0.4) is 0 Å². The molecule has 3 aromatic rings. The number of ether oxygens (including phenoxy) is 2. The Kier molecular flexibility index (Phi) is 6.17. The van der Waals surface area contributed by atoms with Crippen LogP contribution >= 0.6 is 0 Å². The number of H-pyrrole nitrogens is 1. The number of carbonyl (C=O) groups is 2. The highest BCUT2D eigenvalue weighted by molar-refractivity contribution is 6.04. The molecule has 2 aliphatic heterocycles. The van der Waals surface area contributed by atoms with E-state index >= 15 is 0 Å². The second-order valence-electron chi connectivity index (χ2n) is 10.5. The monoisotopic (exact) mass is 478 g/mol. The van der Waals surface area contributed by atoms with Crippen molar-refractivity contribution in [3.8, 4) is 0 Å². The first-order valence-electron chi connectivity index (χ1n) is 12.4. The summed E-state index contributed by atoms with van der Waals surface area (Å²) in [6.45, 7) is 7.92. The molecule has 1 aromatic heterocycles. The number of hydrogen-bond acceptors (Lipinski definition) is 5. The number of carbonyl (C=O) groups excluding carboxylic acids is 2. The molecule has 0 radical (unpaired) electrons. The summed E-state index contributed by atoms with van der Waals surface area (Å²) in [5, 5.41) is 4.99. The number of benzene rings is 2. The summed E-state index contributed by atoms with van der Waals surface area (Å²) in [4.78, 5) is 36.4. The van der Waals surface area contributed by atoms with Gasteiger partial charge in [-0.15, -0.1) is 0 Å². The van der Waals surface area contributed by atoms with E-state index in [0.29, 0.717) is 13.2 Å². The molecule has 5 rings (SSSR count). The lowest BCUT2D eigenvalue weighted by Gasteiger charge is -2.33. The molecule has 3 heterocycles. The number of amides is 2. The molecule has 35 heavy (non-hydrogen) atoms. The zero-order valence-corrected chi connectivity index (χ0v) is 20.9. The number of likely N-dealkylation sites (tertiary alicyclic amines) is 1. The van der Waals surface area contributed by atoms with Crippen LogP contribution in [-0.2, 0) is 14.3 Å². The number of aryl methyl sites for hydroxylation is 1. The largest absolute Gasteiger partial charge is 0.453 e. The standard InChI is InChI=1S/C27H34N4O4/c1-16(2)22(30-26(33)34-4)25(32)31-14-27(10-5-11-35-15-27)13-21(31)24-28-20-9-7-18-12-17(3)6-8-19(18)23(20)29-24/h6-9,12,16,21-22H,5,10-11,13-15H2,1-4H3,(H,28,29)(H,30,33)/t21-,22-,27-/m0/s1. The number of nitrogens with one attached hydrogen (secondary N) is 2. The number of fused-ring (bicyclic) bond motifs is 3. The van der Waals surface area contributed by atoms with Crippen LogP contribution in [0.5, 0.6) is 0 Å². The van der Waals surface area contributed by atoms with Gasteiger partial charge in [0.2, 0.25) is 5.91 Å². The Morgan fingerprint density at radius 1 is 1.29 bits per heavy atom. The summed E-state index contributed by atoms with van der Waals surface area (Å²) in [7, 11) is 1.31. The molecule has 1 spiro atoms. The summed E-state index contributed by atoms with van der Waals surface area (Å²) < 4.78 is 10.7. The summed E-state index contributed by atoms with van der Waals surface area (Å²) >= 11 is 0. The second-order valence-corrected chi connectivity index (χ2v) is 10.5. The number of rotatable bonds is 4. The fourth-order valence-corrected chi connectivity index (χ4v) is 5.70. The van der Waals surface area contributed by atoms with Crippen LogP contribution in [0.1, 0.15) is 50.5 Å². The van der Waals surface area contributed by atoms with Gasteiger partial charge in [0, 0.05) is 24.0 Å². The van der Waals surface area contributed by atoms with Crippen molar-refractivity contribution < 1.29 is 19.1 Å². The van der Waals surface area contributed by atoms with Crippen LogP contribution in [0.25, 0.3) is 21.8 Å². The first-order valence-corrected chi connectivity index (χ1v) is 12.4. The van der Waals surface area contributed by atoms with Gasteiger partial charge in [-0.3, -0.25) is 4.79 Å². The molecule has 0 bridgehead atoms. The molecule has 2 aromatic carbocycles. The van der Waals surface area contributed by atoms with Crippen molar-refractivity contribution in [2.45, 2.75) is 52.1 Å². The van der Waals surface area contributed by atoms with Gasteiger partial charge in [0.15, 0.2) is 0 Å². The summed E-state index contributed by atoms with van der Waals surface area (Å²) in [6, 6.07) is 9.63. The van der Waals surface area contributed by atoms with Crippen molar-refractivity contribution in [2.24, 2.45) is 11.3 Å². The Hall–Kier alpha value is -3.13. The fraction of sp³-hybridized carbons (Fsp3) is 0.519. The predicted octanol–water partition coefficient (Wildman–Crippen LogP) is 4.48. The maximum absolute atomic E-state index is 13.9. The Balaban J connectivity index is 1.55. The van der Waals surface area contributed by atoms with Crippen molar-refractivity contribution in [1.82, 2.24) is 20.2 Å². The minimum atomic E-state index is -0.683. The number of imidazole rings is 1. The van der Waals surface area contributed by atoms with Crippen LogP contribution < -0.4 is 5.32 Å². The van der Waals surface area contributed by atoms with Gasteiger partial charge in [-0.25, -0.2) is 9.78 Å². The van der Waals surface area contributed by atoms with Gasteiger partial charge in [0.25, 0.3) is 0 Å². The van der Waals surface area contributed by atoms with E-state index in [0.717, 1.165) is 53.5 Å². The van der Waals surface area contributed by atoms with E-state index in [1.54, 1.807) is 0 Å². The molecule has 186 valence electrons. The number of hydrogen-bond donors (Lipinski definition) is 2. The van der Waals surface area contributed by atoms with Gasteiger partial charge < -0.3 is 24.7 Å². The van der Waals surface area contributed by atoms with E-state index in [-0.39, 0.29) is 23.3 Å². The first kappa shape index (κ1) is 23.6. The highest BCUT2D eigenvalue weighted by atomic mass is 16.5. The van der Waals surface area contributed by atoms with Crippen molar-refractivity contribution in [3.05, 3.63) is 41.7 Å². The van der Waals surface area contributed by atoms with Crippen molar-refractivity contribution >= 4 is 33.8 Å². The van der Waals surface area contributed by atoms with Gasteiger partial charge >= 0.3 is 6.09 Å². The highest BCUT2D eigenvalue weighted by Gasteiger charge is 2.50. The van der Waals surface area contributed by atoms with Crippen LogP contribution in [0.15, 0.2) is 30.3 Å².